The summed E-state index contributed by atoms with van der Waals surface area (Å²) in [7, 11) is 0. The first-order valence-electron chi connectivity index (χ1n) is 6.51. The van der Waals surface area contributed by atoms with E-state index in [-0.39, 0.29) is 5.91 Å². The highest BCUT2D eigenvalue weighted by Gasteiger charge is 1.99. The molecule has 2 rings (SSSR count). The fourth-order valence-corrected chi connectivity index (χ4v) is 1.98. The highest BCUT2D eigenvalue weighted by atomic mass is 35.5. The summed E-state index contributed by atoms with van der Waals surface area (Å²) in [4.78, 5) is 11.8. The van der Waals surface area contributed by atoms with Crippen molar-refractivity contribution in [3.63, 3.8) is 0 Å². The van der Waals surface area contributed by atoms with E-state index >= 15 is 0 Å². The summed E-state index contributed by atoms with van der Waals surface area (Å²) in [6.45, 7) is 2.10. The zero-order chi connectivity index (χ0) is 14.4. The van der Waals surface area contributed by atoms with Gasteiger partial charge in [0.25, 0.3) is 0 Å². The number of anilines is 1. The van der Waals surface area contributed by atoms with Crippen molar-refractivity contribution in [1.29, 1.82) is 0 Å². The standard InChI is InChI=1S/C17H16ClNO/c1-2-13-7-10-15(11-8-13)19-17(20)12-9-14-5-3-4-6-16(14)18/h3-12H,2H2,1H3,(H,19,20)/b12-9-. The topological polar surface area (TPSA) is 29.1 Å². The Morgan fingerprint density at radius 3 is 2.50 bits per heavy atom. The minimum atomic E-state index is -0.172. The summed E-state index contributed by atoms with van der Waals surface area (Å²) in [6, 6.07) is 15.2. The van der Waals surface area contributed by atoms with Crippen LogP contribution in [0.25, 0.3) is 6.08 Å². The first-order chi connectivity index (χ1) is 9.69. The van der Waals surface area contributed by atoms with Gasteiger partial charge in [0, 0.05) is 16.8 Å². The molecule has 0 aliphatic heterocycles. The first-order valence-corrected chi connectivity index (χ1v) is 6.89. The lowest BCUT2D eigenvalue weighted by Crippen LogP contribution is -2.07. The van der Waals surface area contributed by atoms with Gasteiger partial charge in [0.2, 0.25) is 5.91 Å². The molecule has 0 saturated heterocycles. The predicted octanol–water partition coefficient (Wildman–Crippen LogP) is 4.55. The van der Waals surface area contributed by atoms with Gasteiger partial charge >= 0.3 is 0 Å². The van der Waals surface area contributed by atoms with Crippen molar-refractivity contribution in [2.45, 2.75) is 13.3 Å². The third kappa shape index (κ3) is 3.97. The summed E-state index contributed by atoms with van der Waals surface area (Å²) >= 11 is 6.02. The minimum absolute atomic E-state index is 0.172. The average molecular weight is 286 g/mol. The SMILES string of the molecule is CCc1ccc(NC(=O)/C=C\c2ccccc2Cl)cc1. The van der Waals surface area contributed by atoms with Crippen LogP contribution < -0.4 is 5.32 Å². The molecule has 20 heavy (non-hydrogen) atoms. The number of amides is 1. The fraction of sp³-hybridized carbons (Fsp3) is 0.118. The van der Waals surface area contributed by atoms with Crippen LogP contribution in [-0.4, -0.2) is 5.91 Å². The van der Waals surface area contributed by atoms with E-state index < -0.39 is 0 Å². The molecule has 0 aliphatic carbocycles. The molecular weight excluding hydrogens is 270 g/mol. The second-order valence-corrected chi connectivity index (χ2v) is 4.80. The summed E-state index contributed by atoms with van der Waals surface area (Å²) in [5, 5.41) is 3.44. The number of nitrogens with one attached hydrogen (secondary N) is 1. The average Bonchev–Trinajstić information content (AvgIpc) is 2.47. The molecule has 2 nitrogen and oxygen atoms in total. The zero-order valence-corrected chi connectivity index (χ0v) is 12.0. The number of halogens is 1. The maximum Gasteiger partial charge on any atom is 0.248 e. The van der Waals surface area contributed by atoms with Gasteiger partial charge in [0.05, 0.1) is 0 Å². The van der Waals surface area contributed by atoms with Gasteiger partial charge in [-0.05, 0) is 41.8 Å². The highest BCUT2D eigenvalue weighted by molar-refractivity contribution is 6.32. The number of carbonyl (C=O) groups is 1. The van der Waals surface area contributed by atoms with E-state index in [0.29, 0.717) is 5.02 Å². The molecule has 0 unspecified atom stereocenters. The van der Waals surface area contributed by atoms with Crippen molar-refractivity contribution in [1.82, 2.24) is 0 Å². The van der Waals surface area contributed by atoms with Crippen molar-refractivity contribution >= 4 is 29.3 Å². The van der Waals surface area contributed by atoms with Crippen molar-refractivity contribution in [3.8, 4) is 0 Å². The first kappa shape index (κ1) is 14.4. The van der Waals surface area contributed by atoms with Crippen LogP contribution in [0.5, 0.6) is 0 Å². The van der Waals surface area contributed by atoms with Gasteiger partial charge in [-0.3, -0.25) is 4.79 Å². The van der Waals surface area contributed by atoms with Crippen molar-refractivity contribution in [2.24, 2.45) is 0 Å². The number of aryl methyl sites for hydroxylation is 1. The molecule has 102 valence electrons. The Morgan fingerprint density at radius 2 is 1.85 bits per heavy atom. The third-order valence-corrected chi connectivity index (χ3v) is 3.29. The highest BCUT2D eigenvalue weighted by Crippen LogP contribution is 2.16. The Labute approximate surface area is 124 Å². The summed E-state index contributed by atoms with van der Waals surface area (Å²) in [5.74, 6) is -0.172. The van der Waals surface area contributed by atoms with Crippen LogP contribution in [0.15, 0.2) is 54.6 Å². The van der Waals surface area contributed by atoms with E-state index in [1.54, 1.807) is 12.1 Å². The van der Waals surface area contributed by atoms with Gasteiger partial charge in [0.1, 0.15) is 0 Å². The lowest BCUT2D eigenvalue weighted by molar-refractivity contribution is -0.111. The molecule has 0 atom stereocenters. The van der Waals surface area contributed by atoms with Crippen LogP contribution in [0.4, 0.5) is 5.69 Å². The molecular formula is C17H16ClNO. The number of rotatable bonds is 4. The molecule has 0 radical (unpaired) electrons. The quantitative estimate of drug-likeness (QED) is 0.820. The van der Waals surface area contributed by atoms with Gasteiger partial charge < -0.3 is 5.32 Å². The summed E-state index contributed by atoms with van der Waals surface area (Å²) in [6.07, 6.45) is 4.17. The Hall–Kier alpha value is -2.06. The molecule has 1 N–H and O–H groups in total. The monoisotopic (exact) mass is 285 g/mol. The normalized spacial score (nSPS) is 10.7. The third-order valence-electron chi connectivity index (χ3n) is 2.95. The van der Waals surface area contributed by atoms with Crippen LogP contribution in [0.1, 0.15) is 18.1 Å². The maximum atomic E-state index is 11.8. The van der Waals surface area contributed by atoms with E-state index in [2.05, 4.69) is 12.2 Å². The molecule has 0 heterocycles. The Bertz CT molecular complexity index is 617. The molecule has 2 aromatic carbocycles. The van der Waals surface area contributed by atoms with E-state index in [4.69, 9.17) is 11.6 Å². The van der Waals surface area contributed by atoms with Gasteiger partial charge in [-0.2, -0.15) is 0 Å². The van der Waals surface area contributed by atoms with Crippen molar-refractivity contribution in [3.05, 3.63) is 70.8 Å². The Kier molecular flexibility index (Phi) is 4.97. The van der Waals surface area contributed by atoms with Gasteiger partial charge in [-0.15, -0.1) is 0 Å². The molecule has 3 heteroatoms. The van der Waals surface area contributed by atoms with Crippen LogP contribution in [0.3, 0.4) is 0 Å². The van der Waals surface area contributed by atoms with E-state index in [1.165, 1.54) is 11.6 Å². The molecule has 0 bridgehead atoms. The Balaban J connectivity index is 2.00. The number of hydrogen-bond donors (Lipinski definition) is 1. The second-order valence-electron chi connectivity index (χ2n) is 4.39. The predicted molar refractivity (Wildman–Crippen MR) is 84.9 cm³/mol. The smallest absolute Gasteiger partial charge is 0.248 e. The molecule has 0 aliphatic rings. The maximum absolute atomic E-state index is 11.8. The molecule has 2 aromatic rings. The lowest BCUT2D eigenvalue weighted by atomic mass is 10.1. The second kappa shape index (κ2) is 6.92. The van der Waals surface area contributed by atoms with Gasteiger partial charge in [0.15, 0.2) is 0 Å². The molecule has 0 saturated carbocycles. The summed E-state index contributed by atoms with van der Waals surface area (Å²) < 4.78 is 0. The van der Waals surface area contributed by atoms with E-state index in [0.717, 1.165) is 17.7 Å². The van der Waals surface area contributed by atoms with Crippen LogP contribution >= 0.6 is 11.6 Å². The van der Waals surface area contributed by atoms with E-state index in [1.807, 2.05) is 42.5 Å². The summed E-state index contributed by atoms with van der Waals surface area (Å²) in [5.41, 5.74) is 2.86. The minimum Gasteiger partial charge on any atom is -0.323 e. The Morgan fingerprint density at radius 1 is 1.15 bits per heavy atom. The van der Waals surface area contributed by atoms with Crippen molar-refractivity contribution < 1.29 is 4.79 Å². The van der Waals surface area contributed by atoms with Gasteiger partial charge in [-0.1, -0.05) is 48.9 Å². The molecule has 1 amide bonds. The lowest BCUT2D eigenvalue weighted by Gasteiger charge is -2.03. The number of hydrogen-bond acceptors (Lipinski definition) is 1. The fourth-order valence-electron chi connectivity index (χ4n) is 1.78. The van der Waals surface area contributed by atoms with E-state index in [9.17, 15) is 4.79 Å². The molecule has 0 fully saturated rings. The van der Waals surface area contributed by atoms with Crippen LogP contribution in [0, 0.1) is 0 Å². The number of carbonyl (C=O) groups excluding carboxylic acids is 1. The molecule has 0 spiro atoms. The van der Waals surface area contributed by atoms with Gasteiger partial charge in [-0.25, -0.2) is 0 Å². The number of benzene rings is 2. The van der Waals surface area contributed by atoms with Crippen LogP contribution in [-0.2, 0) is 11.2 Å². The van der Waals surface area contributed by atoms with Crippen LogP contribution in [0.2, 0.25) is 5.02 Å². The largest absolute Gasteiger partial charge is 0.323 e. The van der Waals surface area contributed by atoms with Crippen molar-refractivity contribution in [2.75, 3.05) is 5.32 Å². The molecule has 0 aromatic heterocycles. The zero-order valence-electron chi connectivity index (χ0n) is 11.3.